The van der Waals surface area contributed by atoms with Crippen LogP contribution in [0.15, 0.2) is 28.7 Å². The summed E-state index contributed by atoms with van der Waals surface area (Å²) in [6.45, 7) is 2.89. The maximum Gasteiger partial charge on any atom is 0.239 e. The predicted octanol–water partition coefficient (Wildman–Crippen LogP) is 2.21. The third-order valence-corrected chi connectivity index (χ3v) is 4.11. The Labute approximate surface area is 120 Å². The van der Waals surface area contributed by atoms with Crippen LogP contribution in [0.2, 0.25) is 0 Å². The van der Waals surface area contributed by atoms with E-state index in [0.717, 1.165) is 21.1 Å². The van der Waals surface area contributed by atoms with E-state index in [1.165, 1.54) is 0 Å². The summed E-state index contributed by atoms with van der Waals surface area (Å²) in [5.74, 6) is -0.0372. The van der Waals surface area contributed by atoms with Gasteiger partial charge in [-0.3, -0.25) is 4.79 Å². The lowest BCUT2D eigenvalue weighted by atomic mass is 10.2. The molecular weight excluding hydrogens is 308 g/mol. The molecule has 1 amide bonds. The molecular formula is C14H17BrN2O2. The van der Waals surface area contributed by atoms with E-state index < -0.39 is 0 Å². The number of carbonyl (C=O) groups excluding carboxylic acids is 1. The first-order valence-corrected chi connectivity index (χ1v) is 7.05. The van der Waals surface area contributed by atoms with Crippen LogP contribution in [0.3, 0.4) is 0 Å². The van der Waals surface area contributed by atoms with E-state index in [4.69, 9.17) is 5.11 Å². The van der Waals surface area contributed by atoms with Crippen LogP contribution in [0.4, 0.5) is 0 Å². The van der Waals surface area contributed by atoms with Gasteiger partial charge in [-0.2, -0.15) is 0 Å². The summed E-state index contributed by atoms with van der Waals surface area (Å²) in [5, 5.41) is 12.6. The lowest BCUT2D eigenvalue weighted by molar-refractivity contribution is -0.121. The van der Waals surface area contributed by atoms with Crippen LogP contribution in [0.5, 0.6) is 0 Å². The van der Waals surface area contributed by atoms with Gasteiger partial charge in [-0.25, -0.2) is 0 Å². The van der Waals surface area contributed by atoms with Gasteiger partial charge in [0, 0.05) is 34.2 Å². The topological polar surface area (TPSA) is 54.3 Å². The number of aromatic nitrogens is 1. The van der Waals surface area contributed by atoms with Crippen molar-refractivity contribution in [2.24, 2.45) is 0 Å². The van der Waals surface area contributed by atoms with Crippen LogP contribution < -0.4 is 5.32 Å². The Morgan fingerprint density at radius 1 is 1.42 bits per heavy atom. The van der Waals surface area contributed by atoms with E-state index in [2.05, 4.69) is 21.2 Å². The van der Waals surface area contributed by atoms with Gasteiger partial charge in [0.05, 0.1) is 0 Å². The van der Waals surface area contributed by atoms with Crippen molar-refractivity contribution in [2.45, 2.75) is 19.9 Å². The fourth-order valence-corrected chi connectivity index (χ4v) is 2.65. The van der Waals surface area contributed by atoms with Crippen LogP contribution in [-0.4, -0.2) is 28.7 Å². The number of carbonyl (C=O) groups is 1. The molecule has 4 nitrogen and oxygen atoms in total. The van der Waals surface area contributed by atoms with Crippen LogP contribution >= 0.6 is 15.9 Å². The highest BCUT2D eigenvalue weighted by Gasteiger charge is 2.13. The summed E-state index contributed by atoms with van der Waals surface area (Å²) in [4.78, 5) is 11.9. The Balaban J connectivity index is 2.21. The van der Waals surface area contributed by atoms with Crippen molar-refractivity contribution in [1.29, 1.82) is 0 Å². The molecule has 0 saturated carbocycles. The lowest BCUT2D eigenvalue weighted by Crippen LogP contribution is -2.29. The molecule has 0 aliphatic heterocycles. The van der Waals surface area contributed by atoms with Crippen molar-refractivity contribution in [3.05, 3.63) is 34.4 Å². The first kappa shape index (κ1) is 14.1. The van der Waals surface area contributed by atoms with Crippen LogP contribution in [0, 0.1) is 6.92 Å². The number of nitrogens with one attached hydrogen (secondary N) is 1. The zero-order valence-electron chi connectivity index (χ0n) is 10.8. The smallest absolute Gasteiger partial charge is 0.239 e. The van der Waals surface area contributed by atoms with Crippen LogP contribution in [0.25, 0.3) is 10.9 Å². The molecule has 0 saturated heterocycles. The van der Waals surface area contributed by atoms with Crippen molar-refractivity contribution in [1.82, 2.24) is 9.88 Å². The number of para-hydroxylation sites is 1. The monoisotopic (exact) mass is 324 g/mol. The van der Waals surface area contributed by atoms with Crippen molar-refractivity contribution in [3.8, 4) is 0 Å². The summed E-state index contributed by atoms with van der Waals surface area (Å²) >= 11 is 3.57. The minimum absolute atomic E-state index is 0.0372. The van der Waals surface area contributed by atoms with Gasteiger partial charge in [0.15, 0.2) is 0 Å². The molecule has 2 aromatic rings. The third kappa shape index (κ3) is 2.98. The quantitative estimate of drug-likeness (QED) is 0.828. The minimum Gasteiger partial charge on any atom is -0.396 e. The zero-order chi connectivity index (χ0) is 13.8. The summed E-state index contributed by atoms with van der Waals surface area (Å²) in [6, 6.07) is 7.99. The first-order valence-electron chi connectivity index (χ1n) is 6.26. The van der Waals surface area contributed by atoms with Crippen molar-refractivity contribution < 1.29 is 9.90 Å². The standard InChI is InChI=1S/C14H17BrN2O2/c1-10-14(15)11-5-2-3-6-12(11)17(10)9-13(19)16-7-4-8-18/h2-3,5-6,18H,4,7-9H2,1H3,(H,16,19). The maximum atomic E-state index is 11.9. The lowest BCUT2D eigenvalue weighted by Gasteiger charge is -2.09. The molecule has 0 fully saturated rings. The van der Waals surface area contributed by atoms with E-state index >= 15 is 0 Å². The van der Waals surface area contributed by atoms with E-state index in [0.29, 0.717) is 19.5 Å². The molecule has 0 unspecified atom stereocenters. The molecule has 0 atom stereocenters. The van der Waals surface area contributed by atoms with E-state index in [1.54, 1.807) is 0 Å². The summed E-state index contributed by atoms with van der Waals surface area (Å²) < 4.78 is 3.03. The Bertz CT molecular complexity index is 592. The molecule has 2 rings (SSSR count). The Morgan fingerprint density at radius 3 is 2.89 bits per heavy atom. The van der Waals surface area contributed by atoms with Gasteiger partial charge < -0.3 is 15.0 Å². The summed E-state index contributed by atoms with van der Waals surface area (Å²) in [5.41, 5.74) is 2.09. The number of hydrogen-bond acceptors (Lipinski definition) is 2. The average Bonchev–Trinajstić information content (AvgIpc) is 2.65. The molecule has 5 heteroatoms. The second kappa shape index (κ2) is 6.21. The van der Waals surface area contributed by atoms with Crippen molar-refractivity contribution in [3.63, 3.8) is 0 Å². The second-order valence-electron chi connectivity index (χ2n) is 4.43. The molecule has 0 radical (unpaired) electrons. The number of hydrogen-bond donors (Lipinski definition) is 2. The van der Waals surface area contributed by atoms with Gasteiger partial charge in [-0.1, -0.05) is 18.2 Å². The molecule has 0 bridgehead atoms. The number of amides is 1. The summed E-state index contributed by atoms with van der Waals surface area (Å²) in [7, 11) is 0. The number of nitrogens with zero attached hydrogens (tertiary/aromatic N) is 1. The van der Waals surface area contributed by atoms with Gasteiger partial charge in [0.25, 0.3) is 0 Å². The predicted molar refractivity (Wildman–Crippen MR) is 79.1 cm³/mol. The molecule has 1 aromatic heterocycles. The molecule has 2 N–H and O–H groups in total. The van der Waals surface area contributed by atoms with Crippen molar-refractivity contribution in [2.75, 3.05) is 13.2 Å². The van der Waals surface area contributed by atoms with Gasteiger partial charge in [-0.15, -0.1) is 0 Å². The van der Waals surface area contributed by atoms with Crippen LogP contribution in [-0.2, 0) is 11.3 Å². The fourth-order valence-electron chi connectivity index (χ4n) is 2.10. The largest absolute Gasteiger partial charge is 0.396 e. The number of rotatable bonds is 5. The van der Waals surface area contributed by atoms with E-state index in [1.807, 2.05) is 35.8 Å². The van der Waals surface area contributed by atoms with Gasteiger partial charge in [0.2, 0.25) is 5.91 Å². The van der Waals surface area contributed by atoms with E-state index in [-0.39, 0.29) is 12.5 Å². The molecule has 0 spiro atoms. The molecule has 1 heterocycles. The maximum absolute atomic E-state index is 11.9. The zero-order valence-corrected chi connectivity index (χ0v) is 12.4. The normalized spacial score (nSPS) is 10.9. The van der Waals surface area contributed by atoms with Gasteiger partial charge in [0.1, 0.15) is 6.54 Å². The average molecular weight is 325 g/mol. The number of halogens is 1. The summed E-state index contributed by atoms with van der Waals surface area (Å²) in [6.07, 6.45) is 0.584. The number of benzene rings is 1. The Hall–Kier alpha value is -1.33. The fraction of sp³-hybridized carbons (Fsp3) is 0.357. The SMILES string of the molecule is Cc1c(Br)c2ccccc2n1CC(=O)NCCCO. The molecule has 19 heavy (non-hydrogen) atoms. The molecule has 1 aromatic carbocycles. The minimum atomic E-state index is -0.0372. The number of fused-ring (bicyclic) bond motifs is 1. The highest BCUT2D eigenvalue weighted by molar-refractivity contribution is 9.10. The Morgan fingerprint density at radius 2 is 2.16 bits per heavy atom. The Kier molecular flexibility index (Phi) is 4.61. The molecule has 0 aliphatic rings. The number of aliphatic hydroxyl groups is 1. The van der Waals surface area contributed by atoms with Gasteiger partial charge >= 0.3 is 0 Å². The van der Waals surface area contributed by atoms with E-state index in [9.17, 15) is 4.79 Å². The second-order valence-corrected chi connectivity index (χ2v) is 5.22. The van der Waals surface area contributed by atoms with Gasteiger partial charge in [-0.05, 0) is 35.3 Å². The third-order valence-electron chi connectivity index (χ3n) is 3.11. The van der Waals surface area contributed by atoms with Crippen molar-refractivity contribution >= 4 is 32.7 Å². The van der Waals surface area contributed by atoms with Crippen LogP contribution in [0.1, 0.15) is 12.1 Å². The highest BCUT2D eigenvalue weighted by atomic mass is 79.9. The molecule has 0 aliphatic carbocycles. The highest BCUT2D eigenvalue weighted by Crippen LogP contribution is 2.30. The number of aliphatic hydroxyl groups excluding tert-OH is 1. The molecule has 102 valence electrons. The first-order chi connectivity index (χ1) is 9.15.